The predicted molar refractivity (Wildman–Crippen MR) is 119 cm³/mol. The number of rotatable bonds is 4. The molecule has 0 radical (unpaired) electrons. The van der Waals surface area contributed by atoms with Crippen LogP contribution in [0.2, 0.25) is 10.0 Å². The Morgan fingerprint density at radius 3 is 2.59 bits per heavy atom. The van der Waals surface area contributed by atoms with Gasteiger partial charge in [0.15, 0.2) is 0 Å². The van der Waals surface area contributed by atoms with Gasteiger partial charge in [-0.3, -0.25) is 14.2 Å². The summed E-state index contributed by atoms with van der Waals surface area (Å²) in [5.41, 5.74) is 1.85. The van der Waals surface area contributed by atoms with E-state index in [2.05, 4.69) is 10.3 Å². The van der Waals surface area contributed by atoms with Gasteiger partial charge in [0.05, 0.1) is 22.4 Å². The van der Waals surface area contributed by atoms with Crippen molar-refractivity contribution in [3.05, 3.63) is 80.6 Å². The number of thiophene rings is 1. The molecule has 1 amide bonds. The van der Waals surface area contributed by atoms with E-state index in [0.29, 0.717) is 25.9 Å². The van der Waals surface area contributed by atoms with Crippen molar-refractivity contribution in [2.24, 2.45) is 0 Å². The highest BCUT2D eigenvalue weighted by atomic mass is 35.5. The van der Waals surface area contributed by atoms with Gasteiger partial charge in [0, 0.05) is 16.0 Å². The van der Waals surface area contributed by atoms with Crippen molar-refractivity contribution >= 4 is 56.3 Å². The van der Waals surface area contributed by atoms with Crippen LogP contribution in [0.15, 0.2) is 65.0 Å². The molecule has 2 aromatic heterocycles. The molecule has 1 unspecified atom stereocenters. The molecule has 146 valence electrons. The van der Waals surface area contributed by atoms with Crippen molar-refractivity contribution in [3.63, 3.8) is 0 Å². The monoisotopic (exact) mass is 443 g/mol. The van der Waals surface area contributed by atoms with E-state index >= 15 is 0 Å². The highest BCUT2D eigenvalue weighted by Gasteiger charge is 2.21. The Balaban J connectivity index is 1.72. The fraction of sp³-hybridized carbons (Fsp3) is 0.0952. The standard InChI is InChI=1S/C21H15Cl2N3O2S/c1-12(19(27)25-17-5-3-2-4-16(17)23)26-11-24-20-18(21(26)28)15(10-29-20)13-6-8-14(22)9-7-13/h2-12H,1H3,(H,25,27). The molecule has 2 heterocycles. The van der Waals surface area contributed by atoms with Gasteiger partial charge in [0.25, 0.3) is 5.56 Å². The third kappa shape index (κ3) is 3.79. The van der Waals surface area contributed by atoms with E-state index in [1.54, 1.807) is 43.3 Å². The SMILES string of the molecule is CC(C(=O)Nc1ccccc1Cl)n1cnc2scc(-c3ccc(Cl)cc3)c2c1=O. The molecule has 0 aliphatic carbocycles. The number of nitrogens with one attached hydrogen (secondary N) is 1. The van der Waals surface area contributed by atoms with E-state index in [0.717, 1.165) is 11.1 Å². The van der Waals surface area contributed by atoms with Crippen molar-refractivity contribution < 1.29 is 4.79 Å². The van der Waals surface area contributed by atoms with E-state index in [-0.39, 0.29) is 11.5 Å². The first-order chi connectivity index (χ1) is 14.0. The number of halogens is 2. The highest BCUT2D eigenvalue weighted by Crippen LogP contribution is 2.31. The average Bonchev–Trinajstić information content (AvgIpc) is 3.15. The summed E-state index contributed by atoms with van der Waals surface area (Å²) in [7, 11) is 0. The Kier molecular flexibility index (Phi) is 5.41. The van der Waals surface area contributed by atoms with Crippen LogP contribution in [0.25, 0.3) is 21.3 Å². The number of anilines is 1. The quantitative estimate of drug-likeness (QED) is 0.444. The number of nitrogens with zero attached hydrogens (tertiary/aromatic N) is 2. The molecule has 0 bridgehead atoms. The van der Waals surface area contributed by atoms with Crippen LogP contribution in [0, 0.1) is 0 Å². The Morgan fingerprint density at radius 1 is 1.14 bits per heavy atom. The molecule has 4 rings (SSSR count). The van der Waals surface area contributed by atoms with E-state index in [1.807, 2.05) is 17.5 Å². The number of aromatic nitrogens is 2. The van der Waals surface area contributed by atoms with Crippen LogP contribution in [0.4, 0.5) is 5.69 Å². The number of carbonyl (C=O) groups excluding carboxylic acids is 1. The van der Waals surface area contributed by atoms with Gasteiger partial charge in [-0.1, -0.05) is 47.5 Å². The van der Waals surface area contributed by atoms with Gasteiger partial charge in [-0.25, -0.2) is 4.98 Å². The lowest BCUT2D eigenvalue weighted by atomic mass is 10.1. The maximum absolute atomic E-state index is 13.2. The molecule has 1 N–H and O–H groups in total. The summed E-state index contributed by atoms with van der Waals surface area (Å²) >= 11 is 13.5. The van der Waals surface area contributed by atoms with Gasteiger partial charge in [-0.15, -0.1) is 11.3 Å². The molecule has 1 atom stereocenters. The number of fused-ring (bicyclic) bond motifs is 1. The summed E-state index contributed by atoms with van der Waals surface area (Å²) in [4.78, 5) is 30.9. The van der Waals surface area contributed by atoms with Crippen molar-refractivity contribution in [2.75, 3.05) is 5.32 Å². The molecular weight excluding hydrogens is 429 g/mol. The third-order valence-corrected chi connectivity index (χ3v) is 6.07. The van der Waals surface area contributed by atoms with E-state index in [9.17, 15) is 9.59 Å². The van der Waals surface area contributed by atoms with Crippen molar-refractivity contribution in [3.8, 4) is 11.1 Å². The number of carbonyl (C=O) groups is 1. The lowest BCUT2D eigenvalue weighted by Gasteiger charge is -2.15. The largest absolute Gasteiger partial charge is 0.323 e. The maximum atomic E-state index is 13.2. The van der Waals surface area contributed by atoms with E-state index < -0.39 is 6.04 Å². The van der Waals surface area contributed by atoms with Gasteiger partial charge in [-0.2, -0.15) is 0 Å². The Hall–Kier alpha value is -2.67. The molecule has 0 aliphatic rings. The lowest BCUT2D eigenvalue weighted by Crippen LogP contribution is -2.31. The first-order valence-electron chi connectivity index (χ1n) is 8.75. The number of para-hydroxylation sites is 1. The number of hydrogen-bond donors (Lipinski definition) is 1. The van der Waals surface area contributed by atoms with Gasteiger partial charge in [0.1, 0.15) is 10.9 Å². The van der Waals surface area contributed by atoms with Crippen LogP contribution in [-0.2, 0) is 4.79 Å². The van der Waals surface area contributed by atoms with Crippen LogP contribution in [0.3, 0.4) is 0 Å². The lowest BCUT2D eigenvalue weighted by molar-refractivity contribution is -0.118. The van der Waals surface area contributed by atoms with E-state index in [4.69, 9.17) is 23.2 Å². The van der Waals surface area contributed by atoms with Gasteiger partial charge < -0.3 is 5.32 Å². The van der Waals surface area contributed by atoms with Crippen LogP contribution in [0.1, 0.15) is 13.0 Å². The van der Waals surface area contributed by atoms with Crippen molar-refractivity contribution in [1.82, 2.24) is 9.55 Å². The van der Waals surface area contributed by atoms with Gasteiger partial charge in [-0.05, 0) is 36.8 Å². The first-order valence-corrected chi connectivity index (χ1v) is 10.4. The molecule has 0 spiro atoms. The Bertz CT molecular complexity index is 1270. The summed E-state index contributed by atoms with van der Waals surface area (Å²) in [6.07, 6.45) is 1.41. The van der Waals surface area contributed by atoms with Gasteiger partial charge in [0.2, 0.25) is 5.91 Å². The molecule has 2 aromatic carbocycles. The van der Waals surface area contributed by atoms with Crippen LogP contribution >= 0.6 is 34.5 Å². The second-order valence-corrected chi connectivity index (χ2v) is 8.14. The number of hydrogen-bond acceptors (Lipinski definition) is 4. The first kappa shape index (κ1) is 19.6. The molecule has 5 nitrogen and oxygen atoms in total. The maximum Gasteiger partial charge on any atom is 0.263 e. The average molecular weight is 444 g/mol. The Morgan fingerprint density at radius 2 is 1.86 bits per heavy atom. The van der Waals surface area contributed by atoms with Crippen LogP contribution in [0.5, 0.6) is 0 Å². The molecule has 8 heteroatoms. The highest BCUT2D eigenvalue weighted by molar-refractivity contribution is 7.17. The molecule has 0 fully saturated rings. The normalized spacial score (nSPS) is 12.1. The molecule has 4 aromatic rings. The second-order valence-electron chi connectivity index (χ2n) is 6.44. The summed E-state index contributed by atoms with van der Waals surface area (Å²) in [5, 5.41) is 6.18. The molecule has 0 aliphatic heterocycles. The fourth-order valence-electron chi connectivity index (χ4n) is 2.99. The zero-order valence-corrected chi connectivity index (χ0v) is 17.6. The summed E-state index contributed by atoms with van der Waals surface area (Å²) < 4.78 is 1.33. The second kappa shape index (κ2) is 7.99. The summed E-state index contributed by atoms with van der Waals surface area (Å²) in [5.74, 6) is -0.357. The number of benzene rings is 2. The zero-order chi connectivity index (χ0) is 20.5. The Labute approximate surface area is 180 Å². The number of amides is 1. The van der Waals surface area contributed by atoms with Crippen molar-refractivity contribution in [2.45, 2.75) is 13.0 Å². The summed E-state index contributed by atoms with van der Waals surface area (Å²) in [6.45, 7) is 1.65. The van der Waals surface area contributed by atoms with Crippen LogP contribution in [-0.4, -0.2) is 15.5 Å². The minimum atomic E-state index is -0.770. The van der Waals surface area contributed by atoms with Gasteiger partial charge >= 0.3 is 0 Å². The zero-order valence-electron chi connectivity index (χ0n) is 15.2. The van der Waals surface area contributed by atoms with E-state index in [1.165, 1.54) is 22.2 Å². The fourth-order valence-corrected chi connectivity index (χ4v) is 4.20. The summed E-state index contributed by atoms with van der Waals surface area (Å²) in [6, 6.07) is 13.4. The topological polar surface area (TPSA) is 64.0 Å². The molecular formula is C21H15Cl2N3O2S. The van der Waals surface area contributed by atoms with Crippen molar-refractivity contribution in [1.29, 1.82) is 0 Å². The minimum absolute atomic E-state index is 0.275. The predicted octanol–water partition coefficient (Wildman–Crippen LogP) is 5.63. The third-order valence-electron chi connectivity index (χ3n) is 4.60. The smallest absolute Gasteiger partial charge is 0.263 e. The van der Waals surface area contributed by atoms with Crippen LogP contribution < -0.4 is 10.9 Å². The minimum Gasteiger partial charge on any atom is -0.323 e. The molecule has 0 saturated carbocycles. The molecule has 0 saturated heterocycles. The molecule has 29 heavy (non-hydrogen) atoms.